The Bertz CT molecular complexity index is 877. The van der Waals surface area contributed by atoms with Crippen molar-refractivity contribution in [2.45, 2.75) is 64.1 Å². The number of aromatic hydroxyl groups is 1. The Hall–Kier alpha value is -2.05. The fourth-order valence-electron chi connectivity index (χ4n) is 5.17. The van der Waals surface area contributed by atoms with Crippen LogP contribution in [0, 0.1) is 6.92 Å². The van der Waals surface area contributed by atoms with Crippen molar-refractivity contribution in [2.75, 3.05) is 27.2 Å². The van der Waals surface area contributed by atoms with Gasteiger partial charge in [0.05, 0.1) is 44.4 Å². The van der Waals surface area contributed by atoms with Crippen LogP contribution in [0.15, 0.2) is 16.5 Å². The Kier molecular flexibility index (Phi) is 5.83. The molecule has 1 amide bonds. The monoisotopic (exact) mass is 401 g/mol. The molecule has 6 heteroatoms. The highest BCUT2D eigenvalue weighted by Crippen LogP contribution is 2.34. The molecule has 2 aliphatic rings. The number of hydrogen-bond donors (Lipinski definition) is 4. The second-order valence-electron chi connectivity index (χ2n) is 9.18. The number of piperidine rings is 1. The van der Waals surface area contributed by atoms with E-state index >= 15 is 0 Å². The molecule has 1 aliphatic carbocycles. The van der Waals surface area contributed by atoms with Crippen molar-refractivity contribution in [1.29, 1.82) is 0 Å². The summed E-state index contributed by atoms with van der Waals surface area (Å²) in [7, 11) is 4.45. The van der Waals surface area contributed by atoms with E-state index in [9.17, 15) is 9.90 Å². The SMILES string of the molecule is Cc1oc2ccc(O)c(C[NH+](C)C3CC[NH+](C)CC3)c2c1C(=O)NC1CCCC1. The summed E-state index contributed by atoms with van der Waals surface area (Å²) < 4.78 is 5.94. The zero-order chi connectivity index (χ0) is 20.5. The molecule has 1 atom stereocenters. The van der Waals surface area contributed by atoms with Gasteiger partial charge in [-0.2, -0.15) is 0 Å². The topological polar surface area (TPSA) is 71.3 Å². The Morgan fingerprint density at radius 3 is 2.62 bits per heavy atom. The summed E-state index contributed by atoms with van der Waals surface area (Å²) in [6, 6.07) is 4.31. The normalized spacial score (nSPS) is 24.1. The minimum Gasteiger partial charge on any atom is -0.507 e. The van der Waals surface area contributed by atoms with E-state index in [0.29, 0.717) is 29.5 Å². The van der Waals surface area contributed by atoms with Gasteiger partial charge in [-0.3, -0.25) is 4.79 Å². The van der Waals surface area contributed by atoms with Crippen LogP contribution in [-0.4, -0.2) is 50.3 Å². The molecule has 2 heterocycles. The van der Waals surface area contributed by atoms with Crippen LogP contribution in [0.5, 0.6) is 5.75 Å². The maximum absolute atomic E-state index is 13.1. The zero-order valence-electron chi connectivity index (χ0n) is 17.9. The molecule has 2 aromatic rings. The third-order valence-corrected chi connectivity index (χ3v) is 7.02. The number of hydrogen-bond acceptors (Lipinski definition) is 3. The van der Waals surface area contributed by atoms with Gasteiger partial charge in [-0.25, -0.2) is 0 Å². The lowest BCUT2D eigenvalue weighted by Crippen LogP contribution is -3.17. The molecule has 1 aliphatic heterocycles. The molecule has 0 bridgehead atoms. The Morgan fingerprint density at radius 2 is 1.93 bits per heavy atom. The molecule has 1 unspecified atom stereocenters. The summed E-state index contributed by atoms with van der Waals surface area (Å²) in [5.74, 6) is 0.814. The molecule has 158 valence electrons. The van der Waals surface area contributed by atoms with E-state index in [2.05, 4.69) is 19.4 Å². The standard InChI is InChI=1S/C23H33N3O3/c1-15-21(23(28)24-16-6-4-5-7-16)22-18(19(27)8-9-20(22)29-15)14-26(3)17-10-12-25(2)13-11-17/h8-9,16-17,27H,4-7,10-14H2,1-3H3,(H,24,28)/p+2. The van der Waals surface area contributed by atoms with Crippen LogP contribution < -0.4 is 15.1 Å². The van der Waals surface area contributed by atoms with Crippen LogP contribution in [0.2, 0.25) is 0 Å². The highest BCUT2D eigenvalue weighted by Gasteiger charge is 2.30. The predicted molar refractivity (Wildman–Crippen MR) is 113 cm³/mol. The fourth-order valence-corrected chi connectivity index (χ4v) is 5.17. The number of amides is 1. The van der Waals surface area contributed by atoms with Crippen molar-refractivity contribution in [3.63, 3.8) is 0 Å². The number of phenols is 1. The number of carbonyl (C=O) groups excluding carboxylic acids is 1. The molecule has 0 radical (unpaired) electrons. The van der Waals surface area contributed by atoms with Crippen LogP contribution in [0.25, 0.3) is 11.0 Å². The van der Waals surface area contributed by atoms with Crippen molar-refractivity contribution < 1.29 is 24.1 Å². The average molecular weight is 402 g/mol. The largest absolute Gasteiger partial charge is 0.507 e. The highest BCUT2D eigenvalue weighted by molar-refractivity contribution is 6.09. The lowest BCUT2D eigenvalue weighted by atomic mass is 9.99. The second-order valence-corrected chi connectivity index (χ2v) is 9.18. The highest BCUT2D eigenvalue weighted by atomic mass is 16.3. The summed E-state index contributed by atoms with van der Waals surface area (Å²) in [4.78, 5) is 16.1. The van der Waals surface area contributed by atoms with Gasteiger partial charge in [-0.15, -0.1) is 0 Å². The number of quaternary nitrogens is 2. The molecule has 1 saturated heterocycles. The minimum atomic E-state index is -0.0689. The zero-order valence-corrected chi connectivity index (χ0v) is 17.9. The second kappa shape index (κ2) is 8.36. The third kappa shape index (κ3) is 4.14. The van der Waals surface area contributed by atoms with Gasteiger partial charge in [-0.05, 0) is 31.9 Å². The number of aryl methyl sites for hydroxylation is 1. The molecule has 2 fully saturated rings. The summed E-state index contributed by atoms with van der Waals surface area (Å²) >= 11 is 0. The van der Waals surface area contributed by atoms with E-state index in [1.807, 2.05) is 6.92 Å². The molecular formula is C23H35N3O3+2. The van der Waals surface area contributed by atoms with E-state index in [0.717, 1.165) is 23.8 Å². The van der Waals surface area contributed by atoms with Gasteiger partial charge in [0.1, 0.15) is 23.6 Å². The lowest BCUT2D eigenvalue weighted by molar-refractivity contribution is -0.948. The van der Waals surface area contributed by atoms with E-state index in [1.54, 1.807) is 17.0 Å². The van der Waals surface area contributed by atoms with Gasteiger partial charge in [0.25, 0.3) is 5.91 Å². The fraction of sp³-hybridized carbons (Fsp3) is 0.609. The average Bonchev–Trinajstić information content (AvgIpc) is 3.31. The van der Waals surface area contributed by atoms with Gasteiger partial charge < -0.3 is 24.6 Å². The van der Waals surface area contributed by atoms with Crippen LogP contribution in [-0.2, 0) is 6.54 Å². The van der Waals surface area contributed by atoms with Crippen molar-refractivity contribution in [2.24, 2.45) is 0 Å². The Balaban J connectivity index is 1.64. The Labute approximate surface area is 172 Å². The predicted octanol–water partition coefficient (Wildman–Crippen LogP) is 0.811. The smallest absolute Gasteiger partial charge is 0.255 e. The first kappa shape index (κ1) is 20.2. The summed E-state index contributed by atoms with van der Waals surface area (Å²) in [5, 5.41) is 14.7. The maximum atomic E-state index is 13.1. The van der Waals surface area contributed by atoms with Crippen molar-refractivity contribution in [3.05, 3.63) is 29.0 Å². The molecule has 4 rings (SSSR count). The van der Waals surface area contributed by atoms with Crippen LogP contribution >= 0.6 is 0 Å². The summed E-state index contributed by atoms with van der Waals surface area (Å²) in [6.45, 7) is 4.92. The first-order valence-corrected chi connectivity index (χ1v) is 11.1. The first-order valence-electron chi connectivity index (χ1n) is 11.1. The van der Waals surface area contributed by atoms with E-state index in [4.69, 9.17) is 4.42 Å². The van der Waals surface area contributed by atoms with E-state index < -0.39 is 0 Å². The number of fused-ring (bicyclic) bond motifs is 1. The van der Waals surface area contributed by atoms with Crippen LogP contribution in [0.4, 0.5) is 0 Å². The van der Waals surface area contributed by atoms with E-state index in [-0.39, 0.29) is 17.7 Å². The Morgan fingerprint density at radius 1 is 1.24 bits per heavy atom. The van der Waals surface area contributed by atoms with Gasteiger partial charge in [0.15, 0.2) is 0 Å². The summed E-state index contributed by atoms with van der Waals surface area (Å²) in [5.41, 5.74) is 2.12. The van der Waals surface area contributed by atoms with E-state index in [1.165, 1.54) is 43.7 Å². The lowest BCUT2D eigenvalue weighted by Gasteiger charge is -2.31. The van der Waals surface area contributed by atoms with Gasteiger partial charge in [0, 0.05) is 24.3 Å². The first-order chi connectivity index (χ1) is 13.9. The van der Waals surface area contributed by atoms with Gasteiger partial charge in [0.2, 0.25) is 0 Å². The van der Waals surface area contributed by atoms with Crippen molar-refractivity contribution >= 4 is 16.9 Å². The number of likely N-dealkylation sites (tertiary alicyclic amines) is 1. The van der Waals surface area contributed by atoms with Gasteiger partial charge in [-0.1, -0.05) is 12.8 Å². The molecule has 1 aromatic heterocycles. The minimum absolute atomic E-state index is 0.0689. The van der Waals surface area contributed by atoms with Gasteiger partial charge >= 0.3 is 0 Å². The van der Waals surface area contributed by atoms with Crippen molar-refractivity contribution in [3.8, 4) is 5.75 Å². The molecule has 1 saturated carbocycles. The third-order valence-electron chi connectivity index (χ3n) is 7.02. The number of rotatable bonds is 5. The molecule has 29 heavy (non-hydrogen) atoms. The summed E-state index contributed by atoms with van der Waals surface area (Å²) in [6.07, 6.45) is 6.82. The number of carbonyl (C=O) groups is 1. The quantitative estimate of drug-likeness (QED) is 0.599. The molecule has 1 aromatic carbocycles. The number of furan rings is 1. The number of benzene rings is 1. The molecule has 0 spiro atoms. The molecular weight excluding hydrogens is 366 g/mol. The van der Waals surface area contributed by atoms with Crippen LogP contribution in [0.1, 0.15) is 60.2 Å². The van der Waals surface area contributed by atoms with Crippen molar-refractivity contribution in [1.82, 2.24) is 5.32 Å². The number of phenolic OH excluding ortho intramolecular Hbond substituents is 1. The maximum Gasteiger partial charge on any atom is 0.255 e. The molecule has 4 N–H and O–H groups in total. The molecule has 6 nitrogen and oxygen atoms in total. The number of nitrogens with one attached hydrogen (secondary N) is 3. The van der Waals surface area contributed by atoms with Crippen LogP contribution in [0.3, 0.4) is 0 Å².